The van der Waals surface area contributed by atoms with Gasteiger partial charge in [0.1, 0.15) is 0 Å². The zero-order chi connectivity index (χ0) is 14.5. The zero-order valence-electron chi connectivity index (χ0n) is 11.3. The van der Waals surface area contributed by atoms with Crippen LogP contribution in [-0.2, 0) is 12.8 Å². The van der Waals surface area contributed by atoms with Crippen LogP contribution in [0.3, 0.4) is 0 Å². The average molecular weight is 266 g/mol. The van der Waals surface area contributed by atoms with Crippen molar-refractivity contribution in [2.75, 3.05) is 0 Å². The first-order valence-electron chi connectivity index (χ1n) is 6.51. The molecule has 0 aliphatic carbocycles. The molecule has 2 aromatic rings. The number of rotatable bonds is 5. The van der Waals surface area contributed by atoms with E-state index in [2.05, 4.69) is 13.2 Å². The van der Waals surface area contributed by atoms with E-state index in [-0.39, 0.29) is 11.5 Å². The Morgan fingerprint density at radius 1 is 0.900 bits per heavy atom. The molecule has 0 atom stereocenters. The van der Waals surface area contributed by atoms with Gasteiger partial charge in [-0.2, -0.15) is 0 Å². The number of benzene rings is 2. The Kier molecular flexibility index (Phi) is 4.26. The molecule has 0 saturated carbocycles. The summed E-state index contributed by atoms with van der Waals surface area (Å²) in [5.74, 6) is -0.193. The quantitative estimate of drug-likeness (QED) is 0.628. The molecule has 0 radical (unpaired) electrons. The first-order valence-corrected chi connectivity index (χ1v) is 6.51. The van der Waals surface area contributed by atoms with E-state index >= 15 is 0 Å². The molecular weight excluding hydrogens is 248 g/mol. The lowest BCUT2D eigenvalue weighted by Crippen LogP contribution is -1.88. The van der Waals surface area contributed by atoms with Gasteiger partial charge in [0.2, 0.25) is 0 Å². The number of allylic oxidation sites excluding steroid dienone is 2. The van der Waals surface area contributed by atoms with Crippen LogP contribution < -0.4 is 0 Å². The summed E-state index contributed by atoms with van der Waals surface area (Å²) >= 11 is 0. The Hall–Kier alpha value is -2.48. The Balaban J connectivity index is 2.52. The smallest absolute Gasteiger partial charge is 0.165 e. The maximum Gasteiger partial charge on any atom is 0.165 e. The lowest BCUT2D eigenvalue weighted by atomic mass is 9.97. The van der Waals surface area contributed by atoms with Crippen molar-refractivity contribution >= 4 is 0 Å². The maximum atomic E-state index is 10.1. The van der Waals surface area contributed by atoms with Gasteiger partial charge < -0.3 is 10.2 Å². The molecule has 0 aromatic heterocycles. The molecule has 0 bridgehead atoms. The van der Waals surface area contributed by atoms with Crippen molar-refractivity contribution in [2.24, 2.45) is 0 Å². The highest BCUT2D eigenvalue weighted by atomic mass is 16.3. The SMILES string of the molecule is C=CCc1cccc(-c2cc(CC=C)cc(O)c2O)c1. The molecule has 2 heteroatoms. The fraction of sp³-hybridized carbons (Fsp3) is 0.111. The van der Waals surface area contributed by atoms with Crippen molar-refractivity contribution in [3.05, 3.63) is 72.8 Å². The monoisotopic (exact) mass is 266 g/mol. The zero-order valence-corrected chi connectivity index (χ0v) is 11.3. The molecule has 102 valence electrons. The topological polar surface area (TPSA) is 40.5 Å². The number of hydrogen-bond donors (Lipinski definition) is 2. The number of phenolic OH excluding ortho intramolecular Hbond substituents is 2. The van der Waals surface area contributed by atoms with Gasteiger partial charge in [0, 0.05) is 5.56 Å². The summed E-state index contributed by atoms with van der Waals surface area (Å²) < 4.78 is 0. The van der Waals surface area contributed by atoms with Gasteiger partial charge in [0.25, 0.3) is 0 Å². The Bertz CT molecular complexity index is 642. The van der Waals surface area contributed by atoms with Crippen LogP contribution in [0.4, 0.5) is 0 Å². The van der Waals surface area contributed by atoms with Crippen molar-refractivity contribution in [3.63, 3.8) is 0 Å². The lowest BCUT2D eigenvalue weighted by Gasteiger charge is -2.10. The van der Waals surface area contributed by atoms with Crippen LogP contribution in [0.25, 0.3) is 11.1 Å². The molecule has 2 nitrogen and oxygen atoms in total. The van der Waals surface area contributed by atoms with E-state index in [0.29, 0.717) is 12.0 Å². The van der Waals surface area contributed by atoms with Gasteiger partial charge in [-0.15, -0.1) is 13.2 Å². The predicted octanol–water partition coefficient (Wildman–Crippen LogP) is 4.22. The van der Waals surface area contributed by atoms with Gasteiger partial charge in [-0.3, -0.25) is 0 Å². The Labute approximate surface area is 119 Å². The number of aromatic hydroxyl groups is 2. The van der Waals surface area contributed by atoms with E-state index in [9.17, 15) is 10.2 Å². The molecule has 2 N–H and O–H groups in total. The van der Waals surface area contributed by atoms with Gasteiger partial charge in [-0.25, -0.2) is 0 Å². The molecule has 2 rings (SSSR count). The minimum absolute atomic E-state index is 0.0893. The van der Waals surface area contributed by atoms with Crippen molar-refractivity contribution in [1.29, 1.82) is 0 Å². The van der Waals surface area contributed by atoms with E-state index < -0.39 is 0 Å². The average Bonchev–Trinajstić information content (AvgIpc) is 2.43. The summed E-state index contributed by atoms with van der Waals surface area (Å²) in [4.78, 5) is 0. The second-order valence-corrected chi connectivity index (χ2v) is 4.70. The summed E-state index contributed by atoms with van der Waals surface area (Å²) in [6, 6.07) is 11.3. The van der Waals surface area contributed by atoms with E-state index in [1.807, 2.05) is 36.4 Å². The van der Waals surface area contributed by atoms with Crippen molar-refractivity contribution in [1.82, 2.24) is 0 Å². The minimum atomic E-state index is -0.103. The van der Waals surface area contributed by atoms with E-state index in [1.54, 1.807) is 12.1 Å². The molecule has 0 aliphatic rings. The van der Waals surface area contributed by atoms with Crippen molar-refractivity contribution in [3.8, 4) is 22.6 Å². The fourth-order valence-electron chi connectivity index (χ4n) is 2.21. The van der Waals surface area contributed by atoms with Crippen LogP contribution in [0.2, 0.25) is 0 Å². The van der Waals surface area contributed by atoms with Gasteiger partial charge in [-0.05, 0) is 41.7 Å². The van der Waals surface area contributed by atoms with E-state index in [4.69, 9.17) is 0 Å². The summed E-state index contributed by atoms with van der Waals surface area (Å²) in [7, 11) is 0. The van der Waals surface area contributed by atoms with Gasteiger partial charge in [0.05, 0.1) is 0 Å². The largest absolute Gasteiger partial charge is 0.504 e. The Morgan fingerprint density at radius 3 is 2.30 bits per heavy atom. The second kappa shape index (κ2) is 6.11. The Morgan fingerprint density at radius 2 is 1.60 bits per heavy atom. The summed E-state index contributed by atoms with van der Waals surface area (Å²) in [6.07, 6.45) is 5.02. The van der Waals surface area contributed by atoms with Gasteiger partial charge in [0.15, 0.2) is 11.5 Å². The van der Waals surface area contributed by atoms with Gasteiger partial charge >= 0.3 is 0 Å². The van der Waals surface area contributed by atoms with Gasteiger partial charge in [-0.1, -0.05) is 36.4 Å². The third-order valence-corrected chi connectivity index (χ3v) is 3.15. The summed E-state index contributed by atoms with van der Waals surface area (Å²) in [5.41, 5.74) is 3.54. The lowest BCUT2D eigenvalue weighted by molar-refractivity contribution is 0.404. The normalized spacial score (nSPS) is 10.2. The third kappa shape index (κ3) is 2.91. The number of phenols is 2. The minimum Gasteiger partial charge on any atom is -0.504 e. The molecule has 2 aromatic carbocycles. The summed E-state index contributed by atoms with van der Waals surface area (Å²) in [6.45, 7) is 7.42. The first kappa shape index (κ1) is 13.9. The maximum absolute atomic E-state index is 10.1. The third-order valence-electron chi connectivity index (χ3n) is 3.15. The van der Waals surface area contributed by atoms with Crippen LogP contribution in [0.1, 0.15) is 11.1 Å². The van der Waals surface area contributed by atoms with E-state index in [0.717, 1.165) is 23.1 Å². The molecule has 0 unspecified atom stereocenters. The number of hydrogen-bond acceptors (Lipinski definition) is 2. The molecule has 20 heavy (non-hydrogen) atoms. The van der Waals surface area contributed by atoms with Crippen molar-refractivity contribution in [2.45, 2.75) is 12.8 Å². The van der Waals surface area contributed by atoms with Crippen LogP contribution in [-0.4, -0.2) is 10.2 Å². The molecule has 0 fully saturated rings. The molecule has 0 aliphatic heterocycles. The molecular formula is C18H18O2. The highest BCUT2D eigenvalue weighted by Crippen LogP contribution is 2.38. The highest BCUT2D eigenvalue weighted by Gasteiger charge is 2.11. The second-order valence-electron chi connectivity index (χ2n) is 4.70. The van der Waals surface area contributed by atoms with Crippen LogP contribution in [0, 0.1) is 0 Å². The predicted molar refractivity (Wildman–Crippen MR) is 83.0 cm³/mol. The molecule has 0 spiro atoms. The summed E-state index contributed by atoms with van der Waals surface area (Å²) in [5, 5.41) is 19.9. The van der Waals surface area contributed by atoms with Crippen molar-refractivity contribution < 1.29 is 10.2 Å². The van der Waals surface area contributed by atoms with E-state index in [1.165, 1.54) is 0 Å². The highest BCUT2D eigenvalue weighted by molar-refractivity contribution is 5.74. The van der Waals surface area contributed by atoms with Crippen LogP contribution in [0.5, 0.6) is 11.5 Å². The van der Waals surface area contributed by atoms with Crippen LogP contribution >= 0.6 is 0 Å². The fourth-order valence-corrected chi connectivity index (χ4v) is 2.21. The molecule has 0 heterocycles. The molecule has 0 saturated heterocycles. The molecule has 0 amide bonds. The van der Waals surface area contributed by atoms with Crippen LogP contribution in [0.15, 0.2) is 61.7 Å². The standard InChI is InChI=1S/C18H18O2/c1-3-6-13-8-5-9-15(10-13)16-11-14(7-4-2)12-17(19)18(16)20/h3-5,8-12,19-20H,1-2,6-7H2. The first-order chi connectivity index (χ1) is 9.65.